The van der Waals surface area contributed by atoms with Gasteiger partial charge in [-0.2, -0.15) is 0 Å². The molecule has 2 unspecified atom stereocenters. The van der Waals surface area contributed by atoms with E-state index in [1.807, 2.05) is 0 Å². The van der Waals surface area contributed by atoms with Crippen LogP contribution in [0.4, 0.5) is 0 Å². The molecule has 0 aliphatic heterocycles. The lowest BCUT2D eigenvalue weighted by Gasteiger charge is -2.46. The zero-order valence-electron chi connectivity index (χ0n) is 8.33. The highest BCUT2D eigenvalue weighted by molar-refractivity contribution is 6.13. The topological polar surface area (TPSA) is 38.3 Å². The summed E-state index contributed by atoms with van der Waals surface area (Å²) in [6.45, 7) is 0. The van der Waals surface area contributed by atoms with Gasteiger partial charge in [-0.05, 0) is 49.3 Å². The Kier molecular flexibility index (Phi) is 2.98. The van der Waals surface area contributed by atoms with Gasteiger partial charge in [0.1, 0.15) is 0 Å². The summed E-state index contributed by atoms with van der Waals surface area (Å²) < 4.78 is 4.84. The maximum Gasteiger partial charge on any atom is 0.310 e. The number of hydrogen-bond acceptors (Lipinski definition) is 3. The minimum atomic E-state index is -0.0995. The molecule has 4 heteroatoms. The van der Waals surface area contributed by atoms with E-state index in [2.05, 4.69) is 4.84 Å². The molecule has 3 saturated carbocycles. The van der Waals surface area contributed by atoms with Gasteiger partial charge in [0.05, 0.1) is 13.0 Å². The minimum Gasteiger partial charge on any atom is -0.469 e. The average molecular weight is 218 g/mol. The molecule has 2 atom stereocenters. The molecule has 2 bridgehead atoms. The Bertz CT molecular complexity index is 226. The summed E-state index contributed by atoms with van der Waals surface area (Å²) >= 11 is 5.71. The molecule has 80 valence electrons. The second kappa shape index (κ2) is 4.07. The molecular weight excluding hydrogens is 202 g/mol. The van der Waals surface area contributed by atoms with Gasteiger partial charge in [-0.25, -0.2) is 4.84 Å². The number of hydrogen-bond donors (Lipinski definition) is 1. The van der Waals surface area contributed by atoms with E-state index in [0.29, 0.717) is 11.8 Å². The highest BCUT2D eigenvalue weighted by Crippen LogP contribution is 2.45. The van der Waals surface area contributed by atoms with E-state index in [0.717, 1.165) is 12.8 Å². The maximum atomic E-state index is 11.6. The molecule has 0 heterocycles. The molecule has 0 aromatic rings. The molecule has 0 amide bonds. The molecule has 3 fully saturated rings. The van der Waals surface area contributed by atoms with Crippen molar-refractivity contribution in [2.45, 2.75) is 31.7 Å². The van der Waals surface area contributed by atoms with E-state index in [4.69, 9.17) is 16.5 Å². The zero-order valence-corrected chi connectivity index (χ0v) is 9.09. The van der Waals surface area contributed by atoms with Crippen molar-refractivity contribution in [1.82, 2.24) is 4.84 Å². The number of halogens is 1. The lowest BCUT2D eigenvalue weighted by atomic mass is 9.62. The zero-order chi connectivity index (χ0) is 10.1. The molecule has 1 N–H and O–H groups in total. The van der Waals surface area contributed by atoms with Gasteiger partial charge < -0.3 is 4.74 Å². The molecule has 3 aliphatic rings. The molecule has 3 nitrogen and oxygen atoms in total. The van der Waals surface area contributed by atoms with Gasteiger partial charge in [-0.15, -0.1) is 0 Å². The molecule has 0 radical (unpaired) electrons. The predicted molar refractivity (Wildman–Crippen MR) is 53.7 cm³/mol. The second-order valence-corrected chi connectivity index (χ2v) is 4.58. The third-order valence-electron chi connectivity index (χ3n) is 3.82. The fourth-order valence-electron chi connectivity index (χ4n) is 3.08. The monoisotopic (exact) mass is 217 g/mol. The molecule has 3 aliphatic carbocycles. The Balaban J connectivity index is 2.16. The summed E-state index contributed by atoms with van der Waals surface area (Å²) in [5.74, 6) is 0.910. The Labute approximate surface area is 89.3 Å². The van der Waals surface area contributed by atoms with Crippen molar-refractivity contribution in [1.29, 1.82) is 0 Å². The highest BCUT2D eigenvalue weighted by atomic mass is 35.5. The van der Waals surface area contributed by atoms with E-state index in [9.17, 15) is 4.79 Å². The molecule has 0 saturated heterocycles. The molecule has 14 heavy (non-hydrogen) atoms. The van der Waals surface area contributed by atoms with E-state index >= 15 is 0 Å². The maximum absolute atomic E-state index is 11.6. The summed E-state index contributed by atoms with van der Waals surface area (Å²) in [5.41, 5.74) is 0. The van der Waals surface area contributed by atoms with Gasteiger partial charge >= 0.3 is 5.97 Å². The van der Waals surface area contributed by atoms with Crippen molar-refractivity contribution in [2.75, 3.05) is 7.11 Å². The van der Waals surface area contributed by atoms with Crippen molar-refractivity contribution < 1.29 is 9.53 Å². The van der Waals surface area contributed by atoms with Crippen molar-refractivity contribution in [2.24, 2.45) is 17.8 Å². The van der Waals surface area contributed by atoms with Crippen LogP contribution in [0.2, 0.25) is 0 Å². The Morgan fingerprint density at radius 2 is 1.86 bits per heavy atom. The standard InChI is InChI=1S/C10H16ClNO2/c1-14-10(13)8-6-2-4-7(5-3-6)9(8)12-11/h6-9,12H,2-5H2,1H3. The SMILES string of the molecule is COC(=O)C1C2CCC(CC2)C1NCl. The average Bonchev–Trinajstić information content (AvgIpc) is 2.28. The number of rotatable bonds is 2. The van der Waals surface area contributed by atoms with Gasteiger partial charge in [0.2, 0.25) is 0 Å². The van der Waals surface area contributed by atoms with Crippen LogP contribution in [-0.2, 0) is 9.53 Å². The minimum absolute atomic E-state index is 0.0231. The van der Waals surface area contributed by atoms with Crippen LogP contribution >= 0.6 is 11.8 Å². The molecule has 0 aromatic carbocycles. The van der Waals surface area contributed by atoms with Crippen LogP contribution in [0.3, 0.4) is 0 Å². The first kappa shape index (κ1) is 10.2. The number of fused-ring (bicyclic) bond motifs is 3. The van der Waals surface area contributed by atoms with Crippen LogP contribution < -0.4 is 4.84 Å². The third kappa shape index (κ3) is 1.52. The smallest absolute Gasteiger partial charge is 0.310 e. The van der Waals surface area contributed by atoms with Crippen LogP contribution in [-0.4, -0.2) is 19.1 Å². The van der Waals surface area contributed by atoms with Crippen molar-refractivity contribution in [3.63, 3.8) is 0 Å². The number of esters is 1. The Hall–Kier alpha value is -0.280. The molecule has 0 spiro atoms. The fraction of sp³-hybridized carbons (Fsp3) is 0.900. The van der Waals surface area contributed by atoms with Crippen molar-refractivity contribution in [3.05, 3.63) is 0 Å². The summed E-state index contributed by atoms with van der Waals surface area (Å²) in [6, 6.07) is 0.122. The predicted octanol–water partition coefficient (Wildman–Crippen LogP) is 1.71. The van der Waals surface area contributed by atoms with Gasteiger partial charge in [0.25, 0.3) is 0 Å². The van der Waals surface area contributed by atoms with Crippen LogP contribution in [0, 0.1) is 17.8 Å². The molecule has 0 aromatic heterocycles. The number of methoxy groups -OCH3 is 1. The fourth-order valence-corrected chi connectivity index (χ4v) is 3.40. The van der Waals surface area contributed by atoms with Gasteiger partial charge in [0, 0.05) is 6.04 Å². The van der Waals surface area contributed by atoms with Crippen LogP contribution in [0.15, 0.2) is 0 Å². The summed E-state index contributed by atoms with van der Waals surface area (Å²) in [6.07, 6.45) is 4.70. The van der Waals surface area contributed by atoms with Gasteiger partial charge in [0.15, 0.2) is 0 Å². The molecular formula is C10H16ClNO2. The van der Waals surface area contributed by atoms with E-state index in [1.165, 1.54) is 20.0 Å². The van der Waals surface area contributed by atoms with Crippen LogP contribution in [0.25, 0.3) is 0 Å². The van der Waals surface area contributed by atoms with Gasteiger partial charge in [-0.1, -0.05) is 0 Å². The molecule has 3 rings (SSSR count). The number of carbonyl (C=O) groups is 1. The third-order valence-corrected chi connectivity index (χ3v) is 4.07. The summed E-state index contributed by atoms with van der Waals surface area (Å²) in [4.78, 5) is 14.4. The second-order valence-electron chi connectivity index (χ2n) is 4.36. The normalized spacial score (nSPS) is 41.0. The Morgan fingerprint density at radius 3 is 2.36 bits per heavy atom. The first-order valence-electron chi connectivity index (χ1n) is 5.22. The van der Waals surface area contributed by atoms with E-state index in [1.54, 1.807) is 0 Å². The lowest BCUT2D eigenvalue weighted by molar-refractivity contribution is -0.153. The van der Waals surface area contributed by atoms with E-state index in [-0.39, 0.29) is 17.9 Å². The largest absolute Gasteiger partial charge is 0.469 e. The van der Waals surface area contributed by atoms with Crippen molar-refractivity contribution >= 4 is 17.7 Å². The number of ether oxygens (including phenoxy) is 1. The number of nitrogens with one attached hydrogen (secondary N) is 1. The van der Waals surface area contributed by atoms with Crippen LogP contribution in [0.5, 0.6) is 0 Å². The number of carbonyl (C=O) groups excluding carboxylic acids is 1. The lowest BCUT2D eigenvalue weighted by Crippen LogP contribution is -2.52. The Morgan fingerprint density at radius 1 is 1.29 bits per heavy atom. The van der Waals surface area contributed by atoms with Gasteiger partial charge in [-0.3, -0.25) is 4.79 Å². The van der Waals surface area contributed by atoms with Crippen molar-refractivity contribution in [3.8, 4) is 0 Å². The van der Waals surface area contributed by atoms with E-state index < -0.39 is 0 Å². The highest BCUT2D eigenvalue weighted by Gasteiger charge is 2.47. The van der Waals surface area contributed by atoms with Crippen LogP contribution in [0.1, 0.15) is 25.7 Å². The first-order chi connectivity index (χ1) is 6.77. The summed E-state index contributed by atoms with van der Waals surface area (Å²) in [7, 11) is 1.45. The summed E-state index contributed by atoms with van der Waals surface area (Å²) in [5, 5.41) is 0. The quantitative estimate of drug-likeness (QED) is 0.565. The first-order valence-corrected chi connectivity index (χ1v) is 5.59.